The average Bonchev–Trinajstić information content (AvgIpc) is 2.54. The maximum atomic E-state index is 9.65. The standard InChI is InChI=1S/C16H15Br2NO5/c17-10-4-8(5-11(20)14(10)22)2-1-3-19-7-9-6-12(21)15(23)16(24)13(9)18/h1-2,4-6,19-24H,3,7H2/b2-1+. The molecule has 0 spiro atoms. The van der Waals surface area contributed by atoms with Gasteiger partial charge in [-0.15, -0.1) is 0 Å². The van der Waals surface area contributed by atoms with Gasteiger partial charge in [0.2, 0.25) is 5.75 Å². The fourth-order valence-electron chi connectivity index (χ4n) is 1.99. The molecule has 6 nitrogen and oxygen atoms in total. The second kappa shape index (κ2) is 7.78. The van der Waals surface area contributed by atoms with E-state index in [1.165, 1.54) is 12.1 Å². The van der Waals surface area contributed by atoms with Crippen LogP contribution in [0.5, 0.6) is 28.7 Å². The smallest absolute Gasteiger partial charge is 0.201 e. The molecule has 0 aromatic heterocycles. The lowest BCUT2D eigenvalue weighted by Gasteiger charge is -2.09. The highest BCUT2D eigenvalue weighted by Crippen LogP contribution is 2.42. The van der Waals surface area contributed by atoms with Crippen LogP contribution in [0, 0.1) is 0 Å². The molecule has 0 aliphatic heterocycles. The van der Waals surface area contributed by atoms with Crippen LogP contribution in [-0.4, -0.2) is 32.1 Å². The monoisotopic (exact) mass is 459 g/mol. The van der Waals surface area contributed by atoms with E-state index < -0.39 is 17.2 Å². The Morgan fingerprint density at radius 3 is 2.21 bits per heavy atom. The molecule has 2 aromatic rings. The van der Waals surface area contributed by atoms with E-state index in [1.54, 1.807) is 12.1 Å². The van der Waals surface area contributed by atoms with Crippen LogP contribution in [0.4, 0.5) is 0 Å². The molecule has 6 N–H and O–H groups in total. The van der Waals surface area contributed by atoms with Gasteiger partial charge in [-0.1, -0.05) is 12.2 Å². The van der Waals surface area contributed by atoms with E-state index in [9.17, 15) is 25.5 Å². The molecule has 0 amide bonds. The van der Waals surface area contributed by atoms with Crippen molar-refractivity contribution in [3.05, 3.63) is 44.3 Å². The Bertz CT molecular complexity index is 770. The molecule has 2 rings (SSSR count). The molecule has 0 aliphatic carbocycles. The topological polar surface area (TPSA) is 113 Å². The van der Waals surface area contributed by atoms with Crippen molar-refractivity contribution in [3.63, 3.8) is 0 Å². The third-order valence-corrected chi connectivity index (χ3v) is 4.71. The normalized spacial score (nSPS) is 11.2. The number of hydrogen-bond donors (Lipinski definition) is 6. The van der Waals surface area contributed by atoms with E-state index in [4.69, 9.17) is 0 Å². The molecule has 0 saturated carbocycles. The third-order valence-electron chi connectivity index (χ3n) is 3.22. The van der Waals surface area contributed by atoms with Crippen LogP contribution in [0.1, 0.15) is 11.1 Å². The highest BCUT2D eigenvalue weighted by Gasteiger charge is 2.14. The lowest BCUT2D eigenvalue weighted by Crippen LogP contribution is -2.13. The minimum atomic E-state index is -0.566. The summed E-state index contributed by atoms with van der Waals surface area (Å²) in [5.41, 5.74) is 1.29. The summed E-state index contributed by atoms with van der Waals surface area (Å²) < 4.78 is 0.704. The van der Waals surface area contributed by atoms with Crippen molar-refractivity contribution in [2.24, 2.45) is 0 Å². The van der Waals surface area contributed by atoms with Gasteiger partial charge in [0.1, 0.15) is 0 Å². The number of phenols is 5. The number of rotatable bonds is 5. The van der Waals surface area contributed by atoms with Crippen molar-refractivity contribution in [1.29, 1.82) is 0 Å². The van der Waals surface area contributed by atoms with Crippen molar-refractivity contribution < 1.29 is 25.5 Å². The quantitative estimate of drug-likeness (QED) is 0.300. The van der Waals surface area contributed by atoms with Crippen LogP contribution < -0.4 is 5.32 Å². The first-order chi connectivity index (χ1) is 11.3. The first kappa shape index (κ1) is 18.4. The van der Waals surface area contributed by atoms with Gasteiger partial charge in [-0.05, 0) is 61.2 Å². The van der Waals surface area contributed by atoms with Gasteiger partial charge in [0, 0.05) is 13.1 Å². The Kier molecular flexibility index (Phi) is 5.98. The molecule has 8 heteroatoms. The molecule has 0 radical (unpaired) electrons. The summed E-state index contributed by atoms with van der Waals surface area (Å²) in [5, 5.41) is 50.6. The molecule has 0 fully saturated rings. The SMILES string of the molecule is Oc1cc(/C=C/CNCc2cc(O)c(O)c(O)c2Br)cc(Br)c1O. The molecule has 0 bridgehead atoms. The second-order valence-electron chi connectivity index (χ2n) is 4.97. The van der Waals surface area contributed by atoms with Crippen molar-refractivity contribution in [1.82, 2.24) is 5.32 Å². The number of phenolic OH excluding ortho intramolecular Hbond substituents is 5. The number of aromatic hydroxyl groups is 5. The number of halogens is 2. The second-order valence-corrected chi connectivity index (χ2v) is 6.62. The fourth-order valence-corrected chi connectivity index (χ4v) is 2.90. The average molecular weight is 461 g/mol. The zero-order valence-corrected chi connectivity index (χ0v) is 15.5. The van der Waals surface area contributed by atoms with Gasteiger partial charge in [-0.25, -0.2) is 0 Å². The van der Waals surface area contributed by atoms with E-state index in [1.807, 2.05) is 6.08 Å². The highest BCUT2D eigenvalue weighted by atomic mass is 79.9. The summed E-state index contributed by atoms with van der Waals surface area (Å²) in [7, 11) is 0. The summed E-state index contributed by atoms with van der Waals surface area (Å²) in [4.78, 5) is 0. The highest BCUT2D eigenvalue weighted by molar-refractivity contribution is 9.11. The van der Waals surface area contributed by atoms with Crippen molar-refractivity contribution >= 4 is 37.9 Å². The maximum absolute atomic E-state index is 9.65. The molecule has 0 atom stereocenters. The van der Waals surface area contributed by atoms with Gasteiger partial charge < -0.3 is 30.8 Å². The minimum Gasteiger partial charge on any atom is -0.504 e. The van der Waals surface area contributed by atoms with Gasteiger partial charge in [-0.2, -0.15) is 0 Å². The van der Waals surface area contributed by atoms with Gasteiger partial charge >= 0.3 is 0 Å². The van der Waals surface area contributed by atoms with E-state index in [-0.39, 0.29) is 11.5 Å². The Morgan fingerprint density at radius 1 is 0.875 bits per heavy atom. The van der Waals surface area contributed by atoms with Gasteiger partial charge in [0.05, 0.1) is 8.95 Å². The summed E-state index contributed by atoms with van der Waals surface area (Å²) in [6.45, 7) is 0.824. The predicted octanol–water partition coefficient (Wildman–Crippen LogP) is 3.54. The molecule has 2 aromatic carbocycles. The molecule has 24 heavy (non-hydrogen) atoms. The summed E-state index contributed by atoms with van der Waals surface area (Å²) in [6.07, 6.45) is 3.57. The molecule has 128 valence electrons. The summed E-state index contributed by atoms with van der Waals surface area (Å²) >= 11 is 6.30. The first-order valence-electron chi connectivity index (χ1n) is 6.82. The molecular formula is C16H15Br2NO5. The molecular weight excluding hydrogens is 446 g/mol. The largest absolute Gasteiger partial charge is 0.504 e. The van der Waals surface area contributed by atoms with Crippen LogP contribution in [0.25, 0.3) is 6.08 Å². The van der Waals surface area contributed by atoms with Crippen LogP contribution in [0.3, 0.4) is 0 Å². The first-order valence-corrected chi connectivity index (χ1v) is 8.40. The predicted molar refractivity (Wildman–Crippen MR) is 97.3 cm³/mol. The van der Waals surface area contributed by atoms with Crippen molar-refractivity contribution in [2.45, 2.75) is 6.54 Å². The van der Waals surface area contributed by atoms with E-state index >= 15 is 0 Å². The van der Waals surface area contributed by atoms with Crippen LogP contribution in [-0.2, 0) is 6.54 Å². The maximum Gasteiger partial charge on any atom is 0.201 e. The molecule has 0 saturated heterocycles. The van der Waals surface area contributed by atoms with Gasteiger partial charge in [0.15, 0.2) is 23.0 Å². The van der Waals surface area contributed by atoms with Crippen LogP contribution in [0.15, 0.2) is 33.2 Å². The van der Waals surface area contributed by atoms with Gasteiger partial charge in [-0.3, -0.25) is 0 Å². The zero-order chi connectivity index (χ0) is 17.9. The Morgan fingerprint density at radius 2 is 1.54 bits per heavy atom. The van der Waals surface area contributed by atoms with Crippen LogP contribution >= 0.6 is 31.9 Å². The number of nitrogens with one attached hydrogen (secondary N) is 1. The molecule has 0 aliphatic rings. The minimum absolute atomic E-state index is 0.206. The van der Waals surface area contributed by atoms with E-state index in [0.29, 0.717) is 33.2 Å². The third kappa shape index (κ3) is 4.14. The van der Waals surface area contributed by atoms with Gasteiger partial charge in [0.25, 0.3) is 0 Å². The number of benzene rings is 2. The Hall–Kier alpha value is -1.90. The van der Waals surface area contributed by atoms with Crippen LogP contribution in [0.2, 0.25) is 0 Å². The summed E-state index contributed by atoms with van der Waals surface area (Å²) in [6, 6.07) is 4.45. The fraction of sp³-hybridized carbons (Fsp3) is 0.125. The summed E-state index contributed by atoms with van der Waals surface area (Å²) in [5.74, 6) is -1.79. The molecule has 0 unspecified atom stereocenters. The Balaban J connectivity index is 1.96. The van der Waals surface area contributed by atoms with E-state index in [0.717, 1.165) is 0 Å². The van der Waals surface area contributed by atoms with Crippen molar-refractivity contribution in [2.75, 3.05) is 6.54 Å². The Labute approximate surface area is 155 Å². The van der Waals surface area contributed by atoms with Crippen molar-refractivity contribution in [3.8, 4) is 28.7 Å². The molecule has 0 heterocycles. The number of hydrogen-bond acceptors (Lipinski definition) is 6. The lowest BCUT2D eigenvalue weighted by molar-refractivity contribution is 0.365. The zero-order valence-electron chi connectivity index (χ0n) is 12.3. The lowest BCUT2D eigenvalue weighted by atomic mass is 10.1. The van der Waals surface area contributed by atoms with E-state index in [2.05, 4.69) is 37.2 Å².